The average Bonchev–Trinajstić information content (AvgIpc) is 3.16. The van der Waals surface area contributed by atoms with Crippen LogP contribution >= 0.6 is 0 Å². The first-order valence-electron chi connectivity index (χ1n) is 9.36. The van der Waals surface area contributed by atoms with Gasteiger partial charge in [0.15, 0.2) is 17.5 Å². The number of amides is 2. The molecule has 0 saturated carbocycles. The van der Waals surface area contributed by atoms with Crippen molar-refractivity contribution in [3.8, 4) is 0 Å². The summed E-state index contributed by atoms with van der Waals surface area (Å²) >= 11 is 0. The number of aromatic nitrogens is 4. The van der Waals surface area contributed by atoms with Crippen molar-refractivity contribution in [3.05, 3.63) is 78.5 Å². The predicted molar refractivity (Wildman–Crippen MR) is 117 cm³/mol. The number of aryl methyl sites for hydroxylation is 1. The Morgan fingerprint density at radius 2 is 1.68 bits per heavy atom. The van der Waals surface area contributed by atoms with Crippen molar-refractivity contribution in [3.63, 3.8) is 0 Å². The Bertz CT molecular complexity index is 1190. The number of urea groups is 1. The molecule has 0 unspecified atom stereocenters. The van der Waals surface area contributed by atoms with Crippen molar-refractivity contribution >= 4 is 40.5 Å². The van der Waals surface area contributed by atoms with E-state index < -0.39 is 11.8 Å². The molecule has 0 aliphatic carbocycles. The molecule has 2 heterocycles. The second kappa shape index (κ2) is 8.91. The highest BCUT2D eigenvalue weighted by molar-refractivity contribution is 6.00. The van der Waals surface area contributed by atoms with Crippen LogP contribution in [-0.4, -0.2) is 26.2 Å². The number of nitrogens with one attached hydrogen (secondary N) is 5. The Labute approximate surface area is 177 Å². The summed E-state index contributed by atoms with van der Waals surface area (Å²) in [6, 6.07) is 14.4. The van der Waals surface area contributed by atoms with Gasteiger partial charge in [-0.2, -0.15) is 5.10 Å². The third kappa shape index (κ3) is 5.32. The molecule has 0 saturated heterocycles. The molecule has 0 radical (unpaired) electrons. The minimum atomic E-state index is -0.566. The van der Waals surface area contributed by atoms with Gasteiger partial charge in [-0.05, 0) is 37.3 Å². The molecule has 0 bridgehead atoms. The van der Waals surface area contributed by atoms with Gasteiger partial charge in [0.2, 0.25) is 0 Å². The maximum absolute atomic E-state index is 14.2. The van der Waals surface area contributed by atoms with Gasteiger partial charge in [-0.1, -0.05) is 18.2 Å². The molecule has 31 heavy (non-hydrogen) atoms. The quantitative estimate of drug-likeness (QED) is 0.307. The number of benzene rings is 2. The van der Waals surface area contributed by atoms with Crippen LogP contribution in [0.5, 0.6) is 0 Å². The van der Waals surface area contributed by atoms with E-state index in [1.165, 1.54) is 24.4 Å². The van der Waals surface area contributed by atoms with Gasteiger partial charge in [0.1, 0.15) is 5.82 Å². The zero-order chi connectivity index (χ0) is 21.6. The summed E-state index contributed by atoms with van der Waals surface area (Å²) in [7, 11) is 0. The van der Waals surface area contributed by atoms with Crippen molar-refractivity contribution in [1.29, 1.82) is 0 Å². The molecule has 0 aliphatic heterocycles. The van der Waals surface area contributed by atoms with E-state index in [1.807, 2.05) is 19.1 Å². The summed E-state index contributed by atoms with van der Waals surface area (Å²) in [5.74, 6) is 0.966. The van der Waals surface area contributed by atoms with Crippen LogP contribution in [0.3, 0.4) is 0 Å². The summed E-state index contributed by atoms with van der Waals surface area (Å²) in [6.07, 6.45) is 3.08. The van der Waals surface area contributed by atoms with E-state index in [0.29, 0.717) is 28.8 Å². The first-order valence-corrected chi connectivity index (χ1v) is 9.36. The van der Waals surface area contributed by atoms with Crippen LogP contribution < -0.4 is 21.3 Å². The molecule has 0 aliphatic rings. The van der Waals surface area contributed by atoms with Crippen molar-refractivity contribution in [1.82, 2.24) is 20.2 Å². The van der Waals surface area contributed by atoms with E-state index in [0.717, 1.165) is 5.69 Å². The van der Waals surface area contributed by atoms with Crippen LogP contribution in [0, 0.1) is 12.7 Å². The number of carbonyl (C=O) groups is 1. The lowest BCUT2D eigenvalue weighted by Crippen LogP contribution is -2.20. The van der Waals surface area contributed by atoms with E-state index in [4.69, 9.17) is 0 Å². The van der Waals surface area contributed by atoms with Crippen LogP contribution in [0.25, 0.3) is 0 Å². The van der Waals surface area contributed by atoms with Crippen LogP contribution in [0.1, 0.15) is 5.69 Å². The Kier molecular flexibility index (Phi) is 5.70. The molecule has 9 nitrogen and oxygen atoms in total. The first-order chi connectivity index (χ1) is 15.0. The highest BCUT2D eigenvalue weighted by atomic mass is 19.1. The van der Waals surface area contributed by atoms with Crippen molar-refractivity contribution < 1.29 is 9.18 Å². The summed E-state index contributed by atoms with van der Waals surface area (Å²) in [5.41, 5.74) is 2.06. The molecule has 2 amide bonds. The van der Waals surface area contributed by atoms with E-state index >= 15 is 0 Å². The number of hydrogen-bond acceptors (Lipinski definition) is 6. The van der Waals surface area contributed by atoms with E-state index in [9.17, 15) is 9.18 Å². The number of para-hydroxylation sites is 1. The third-order valence-electron chi connectivity index (χ3n) is 4.12. The number of H-pyrrole nitrogens is 1. The standard InChI is InChI=1S/C21H19FN8O/c1-13-9-18(30-29-13)27-20-12-23-11-19(28-20)24-15-7-8-16(22)17(10-15)26-21(31)25-14-5-3-2-4-6-14/h2-12H,1H3,(H2,25,26,31)(H3,24,27,28,29,30). The van der Waals surface area contributed by atoms with Gasteiger partial charge >= 0.3 is 6.03 Å². The minimum absolute atomic E-state index is 0.0210. The largest absolute Gasteiger partial charge is 0.339 e. The lowest BCUT2D eigenvalue weighted by atomic mass is 10.2. The number of aromatic amines is 1. The average molecular weight is 418 g/mol. The normalized spacial score (nSPS) is 10.4. The summed E-state index contributed by atoms with van der Waals surface area (Å²) in [6.45, 7) is 1.89. The van der Waals surface area contributed by atoms with Gasteiger partial charge in [-0.25, -0.2) is 14.2 Å². The van der Waals surface area contributed by atoms with Crippen molar-refractivity contribution in [2.45, 2.75) is 6.92 Å². The molecule has 4 rings (SSSR count). The second-order valence-corrected chi connectivity index (χ2v) is 6.62. The predicted octanol–water partition coefficient (Wildman–Crippen LogP) is 4.78. The van der Waals surface area contributed by atoms with Gasteiger partial charge in [0, 0.05) is 23.1 Å². The van der Waals surface area contributed by atoms with Gasteiger partial charge in [-0.15, -0.1) is 0 Å². The summed E-state index contributed by atoms with van der Waals surface area (Å²) < 4.78 is 14.2. The SMILES string of the molecule is Cc1cc(Nc2cncc(Nc3ccc(F)c(NC(=O)Nc4ccccc4)c3)n2)n[nH]1. The molecule has 0 atom stereocenters. The highest BCUT2D eigenvalue weighted by Gasteiger charge is 2.09. The zero-order valence-electron chi connectivity index (χ0n) is 16.5. The van der Waals surface area contributed by atoms with Crippen LogP contribution in [-0.2, 0) is 0 Å². The molecule has 10 heteroatoms. The van der Waals surface area contributed by atoms with Gasteiger partial charge in [0.25, 0.3) is 0 Å². The maximum Gasteiger partial charge on any atom is 0.323 e. The fourth-order valence-corrected chi connectivity index (χ4v) is 2.75. The lowest BCUT2D eigenvalue weighted by Gasteiger charge is -2.11. The molecule has 2 aromatic heterocycles. The number of nitrogens with zero attached hydrogens (tertiary/aromatic N) is 3. The maximum atomic E-state index is 14.2. The number of halogens is 1. The molecular formula is C21H19FN8O. The van der Waals surface area contributed by atoms with E-state index in [1.54, 1.807) is 30.5 Å². The topological polar surface area (TPSA) is 120 Å². The molecular weight excluding hydrogens is 399 g/mol. The molecule has 2 aromatic carbocycles. The molecule has 0 fully saturated rings. The third-order valence-corrected chi connectivity index (χ3v) is 4.12. The van der Waals surface area contributed by atoms with Crippen LogP contribution in [0.15, 0.2) is 67.0 Å². The number of hydrogen-bond donors (Lipinski definition) is 5. The molecule has 5 N–H and O–H groups in total. The van der Waals surface area contributed by atoms with E-state index in [2.05, 4.69) is 41.4 Å². The van der Waals surface area contributed by atoms with Gasteiger partial charge < -0.3 is 21.3 Å². The number of anilines is 6. The first kappa shape index (κ1) is 19.8. The molecule has 0 spiro atoms. The monoisotopic (exact) mass is 418 g/mol. The number of carbonyl (C=O) groups excluding carboxylic acids is 1. The summed E-state index contributed by atoms with van der Waals surface area (Å²) in [4.78, 5) is 20.7. The second-order valence-electron chi connectivity index (χ2n) is 6.62. The van der Waals surface area contributed by atoms with Crippen LogP contribution in [0.4, 0.5) is 43.7 Å². The fourth-order valence-electron chi connectivity index (χ4n) is 2.75. The van der Waals surface area contributed by atoms with Gasteiger partial charge in [-0.3, -0.25) is 10.1 Å². The Morgan fingerprint density at radius 1 is 0.903 bits per heavy atom. The fraction of sp³-hybridized carbons (Fsp3) is 0.0476. The lowest BCUT2D eigenvalue weighted by molar-refractivity contribution is 0.262. The highest BCUT2D eigenvalue weighted by Crippen LogP contribution is 2.23. The number of rotatable bonds is 6. The van der Waals surface area contributed by atoms with Gasteiger partial charge in [0.05, 0.1) is 18.1 Å². The minimum Gasteiger partial charge on any atom is -0.339 e. The Hall–Kier alpha value is -4.47. The van der Waals surface area contributed by atoms with Crippen molar-refractivity contribution in [2.75, 3.05) is 21.3 Å². The van der Waals surface area contributed by atoms with Crippen molar-refractivity contribution in [2.24, 2.45) is 0 Å². The zero-order valence-corrected chi connectivity index (χ0v) is 16.5. The Balaban J connectivity index is 1.44. The van der Waals surface area contributed by atoms with E-state index in [-0.39, 0.29) is 5.69 Å². The molecule has 4 aromatic rings. The van der Waals surface area contributed by atoms with Crippen LogP contribution in [0.2, 0.25) is 0 Å². The smallest absolute Gasteiger partial charge is 0.323 e. The Morgan fingerprint density at radius 3 is 2.42 bits per heavy atom. The molecule has 156 valence electrons. The summed E-state index contributed by atoms with van der Waals surface area (Å²) in [5, 5.41) is 18.2.